The second kappa shape index (κ2) is 5.88. The van der Waals surface area contributed by atoms with Gasteiger partial charge in [0.15, 0.2) is 6.61 Å². The van der Waals surface area contributed by atoms with Crippen molar-refractivity contribution in [2.75, 3.05) is 23.4 Å². The van der Waals surface area contributed by atoms with Gasteiger partial charge >= 0.3 is 0 Å². The number of aromatic nitrogens is 2. The summed E-state index contributed by atoms with van der Waals surface area (Å²) in [5, 5.41) is 9.30. The summed E-state index contributed by atoms with van der Waals surface area (Å²) in [4.78, 5) is 25.6. The summed E-state index contributed by atoms with van der Waals surface area (Å²) in [6.45, 7) is 2.15. The molecular formula is C15H16N4O3. The number of benzene rings is 1. The average Bonchev–Trinajstić information content (AvgIpc) is 2.91. The summed E-state index contributed by atoms with van der Waals surface area (Å²) in [5.41, 5.74) is 1.56. The SMILES string of the molecule is Cc1cn[nH]c1NC(=O)CCN1C(=O)COc2ccccc21. The fourth-order valence-electron chi connectivity index (χ4n) is 2.29. The van der Waals surface area contributed by atoms with Crippen molar-refractivity contribution in [1.29, 1.82) is 0 Å². The minimum absolute atomic E-state index is 0.00170. The van der Waals surface area contributed by atoms with Crippen LogP contribution < -0.4 is 15.0 Å². The molecule has 114 valence electrons. The third kappa shape index (κ3) is 2.78. The maximum absolute atomic E-state index is 12.0. The molecule has 2 aromatic rings. The number of nitrogens with zero attached hydrogens (tertiary/aromatic N) is 2. The van der Waals surface area contributed by atoms with Crippen LogP contribution in [0.5, 0.6) is 5.75 Å². The summed E-state index contributed by atoms with van der Waals surface area (Å²) in [6.07, 6.45) is 1.83. The number of aromatic amines is 1. The highest BCUT2D eigenvalue weighted by Crippen LogP contribution is 2.31. The number of anilines is 2. The van der Waals surface area contributed by atoms with Crippen molar-refractivity contribution in [3.05, 3.63) is 36.0 Å². The summed E-state index contributed by atoms with van der Waals surface area (Å²) in [6, 6.07) is 7.30. The highest BCUT2D eigenvalue weighted by Gasteiger charge is 2.25. The Bertz CT molecular complexity index is 710. The van der Waals surface area contributed by atoms with Crippen LogP contribution in [0.4, 0.5) is 11.5 Å². The largest absolute Gasteiger partial charge is 0.482 e. The van der Waals surface area contributed by atoms with E-state index in [-0.39, 0.29) is 24.8 Å². The number of H-pyrrole nitrogens is 1. The topological polar surface area (TPSA) is 87.3 Å². The maximum atomic E-state index is 12.0. The summed E-state index contributed by atoms with van der Waals surface area (Å²) >= 11 is 0. The maximum Gasteiger partial charge on any atom is 0.265 e. The average molecular weight is 300 g/mol. The Morgan fingerprint density at radius 1 is 1.45 bits per heavy atom. The number of carbonyl (C=O) groups is 2. The number of carbonyl (C=O) groups excluding carboxylic acids is 2. The third-order valence-corrected chi connectivity index (χ3v) is 3.46. The molecule has 0 bridgehead atoms. The monoisotopic (exact) mass is 300 g/mol. The third-order valence-electron chi connectivity index (χ3n) is 3.46. The van der Waals surface area contributed by atoms with Gasteiger partial charge in [0, 0.05) is 18.5 Å². The van der Waals surface area contributed by atoms with Gasteiger partial charge in [0.05, 0.1) is 11.9 Å². The van der Waals surface area contributed by atoms with Crippen LogP contribution in [-0.2, 0) is 9.59 Å². The molecule has 3 rings (SSSR count). The fourth-order valence-corrected chi connectivity index (χ4v) is 2.29. The molecule has 0 saturated carbocycles. The van der Waals surface area contributed by atoms with Crippen LogP contribution in [0, 0.1) is 6.92 Å². The first-order valence-electron chi connectivity index (χ1n) is 6.97. The van der Waals surface area contributed by atoms with Crippen LogP contribution in [0.2, 0.25) is 0 Å². The molecule has 1 aliphatic rings. The van der Waals surface area contributed by atoms with Gasteiger partial charge in [-0.15, -0.1) is 0 Å². The van der Waals surface area contributed by atoms with Crippen molar-refractivity contribution in [1.82, 2.24) is 10.2 Å². The molecule has 0 saturated heterocycles. The van der Waals surface area contributed by atoms with Crippen molar-refractivity contribution in [2.45, 2.75) is 13.3 Å². The van der Waals surface area contributed by atoms with Crippen molar-refractivity contribution < 1.29 is 14.3 Å². The second-order valence-electron chi connectivity index (χ2n) is 5.03. The Labute approximate surface area is 127 Å². The molecule has 2 heterocycles. The van der Waals surface area contributed by atoms with Gasteiger partial charge in [-0.2, -0.15) is 5.10 Å². The van der Waals surface area contributed by atoms with Gasteiger partial charge in [0.1, 0.15) is 11.6 Å². The van der Waals surface area contributed by atoms with Gasteiger partial charge < -0.3 is 15.0 Å². The molecule has 7 nitrogen and oxygen atoms in total. The first-order valence-corrected chi connectivity index (χ1v) is 6.97. The lowest BCUT2D eigenvalue weighted by atomic mass is 10.2. The van der Waals surface area contributed by atoms with E-state index in [1.807, 2.05) is 31.2 Å². The lowest BCUT2D eigenvalue weighted by Crippen LogP contribution is -2.40. The number of fused-ring (bicyclic) bond motifs is 1. The molecule has 1 aliphatic heterocycles. The lowest BCUT2D eigenvalue weighted by Gasteiger charge is -2.29. The molecule has 0 atom stereocenters. The number of aryl methyl sites for hydroxylation is 1. The molecule has 0 unspecified atom stereocenters. The zero-order valence-corrected chi connectivity index (χ0v) is 12.1. The minimum Gasteiger partial charge on any atom is -0.482 e. The second-order valence-corrected chi connectivity index (χ2v) is 5.03. The van der Waals surface area contributed by atoms with E-state index in [2.05, 4.69) is 15.5 Å². The van der Waals surface area contributed by atoms with E-state index in [1.165, 1.54) is 0 Å². The van der Waals surface area contributed by atoms with Gasteiger partial charge in [-0.05, 0) is 19.1 Å². The minimum atomic E-state index is -0.177. The van der Waals surface area contributed by atoms with E-state index in [0.717, 1.165) is 5.56 Å². The summed E-state index contributed by atoms with van der Waals surface area (Å²) < 4.78 is 5.37. The normalized spacial score (nSPS) is 13.5. The molecule has 1 aromatic heterocycles. The molecule has 22 heavy (non-hydrogen) atoms. The van der Waals surface area contributed by atoms with Gasteiger partial charge in [0.25, 0.3) is 5.91 Å². The van der Waals surface area contributed by atoms with Gasteiger partial charge in [-0.3, -0.25) is 14.7 Å². The van der Waals surface area contributed by atoms with E-state index in [9.17, 15) is 9.59 Å². The Hall–Kier alpha value is -2.83. The van der Waals surface area contributed by atoms with Crippen molar-refractivity contribution >= 4 is 23.3 Å². The van der Waals surface area contributed by atoms with Crippen molar-refractivity contribution in [3.8, 4) is 5.75 Å². The number of rotatable bonds is 4. The van der Waals surface area contributed by atoms with E-state index >= 15 is 0 Å². The van der Waals surface area contributed by atoms with E-state index in [1.54, 1.807) is 11.1 Å². The Morgan fingerprint density at radius 3 is 3.05 bits per heavy atom. The van der Waals surface area contributed by atoms with Crippen LogP contribution in [0.1, 0.15) is 12.0 Å². The Kier molecular flexibility index (Phi) is 3.78. The van der Waals surface area contributed by atoms with Crippen molar-refractivity contribution in [3.63, 3.8) is 0 Å². The predicted molar refractivity (Wildman–Crippen MR) is 80.9 cm³/mol. The molecule has 0 aliphatic carbocycles. The number of ether oxygens (including phenoxy) is 1. The number of amides is 2. The summed E-state index contributed by atoms with van der Waals surface area (Å²) in [5.74, 6) is 0.916. The van der Waals surface area contributed by atoms with Crippen LogP contribution >= 0.6 is 0 Å². The zero-order valence-electron chi connectivity index (χ0n) is 12.1. The van der Waals surface area contributed by atoms with E-state index in [0.29, 0.717) is 23.8 Å². The number of nitrogens with one attached hydrogen (secondary N) is 2. The standard InChI is InChI=1S/C15H16N4O3/c1-10-8-16-18-15(10)17-13(20)6-7-19-11-4-2-3-5-12(11)22-9-14(19)21/h2-5,8H,6-7,9H2,1H3,(H2,16,17,18,20). The first kappa shape index (κ1) is 14.1. The molecule has 2 amide bonds. The molecule has 0 spiro atoms. The fraction of sp³-hybridized carbons (Fsp3) is 0.267. The molecule has 0 fully saturated rings. The van der Waals surface area contributed by atoms with Gasteiger partial charge in [-0.25, -0.2) is 0 Å². The number of hydrogen-bond donors (Lipinski definition) is 2. The van der Waals surface area contributed by atoms with Gasteiger partial charge in [-0.1, -0.05) is 12.1 Å². The highest BCUT2D eigenvalue weighted by atomic mass is 16.5. The lowest BCUT2D eigenvalue weighted by molar-refractivity contribution is -0.121. The summed E-state index contributed by atoms with van der Waals surface area (Å²) in [7, 11) is 0. The Morgan fingerprint density at radius 2 is 2.27 bits per heavy atom. The van der Waals surface area contributed by atoms with Crippen LogP contribution in [0.25, 0.3) is 0 Å². The predicted octanol–water partition coefficient (Wildman–Crippen LogP) is 1.47. The van der Waals surface area contributed by atoms with Crippen LogP contribution in [0.15, 0.2) is 30.5 Å². The molecule has 0 radical (unpaired) electrons. The molecule has 2 N–H and O–H groups in total. The van der Waals surface area contributed by atoms with E-state index < -0.39 is 0 Å². The zero-order chi connectivity index (χ0) is 15.5. The number of hydrogen-bond acceptors (Lipinski definition) is 4. The van der Waals surface area contributed by atoms with Gasteiger partial charge in [0.2, 0.25) is 5.91 Å². The van der Waals surface area contributed by atoms with E-state index in [4.69, 9.17) is 4.74 Å². The van der Waals surface area contributed by atoms with Crippen LogP contribution in [-0.4, -0.2) is 35.2 Å². The molecule has 7 heteroatoms. The van der Waals surface area contributed by atoms with Crippen LogP contribution in [0.3, 0.4) is 0 Å². The van der Waals surface area contributed by atoms with Crippen molar-refractivity contribution in [2.24, 2.45) is 0 Å². The smallest absolute Gasteiger partial charge is 0.265 e. The molecule has 1 aromatic carbocycles. The highest BCUT2D eigenvalue weighted by molar-refractivity contribution is 5.99. The number of para-hydroxylation sites is 2. The Balaban J connectivity index is 1.65. The quantitative estimate of drug-likeness (QED) is 0.895. The molecular weight excluding hydrogens is 284 g/mol. The first-order chi connectivity index (χ1) is 10.6.